The third-order valence-electron chi connectivity index (χ3n) is 3.12. The zero-order chi connectivity index (χ0) is 14.7. The van der Waals surface area contributed by atoms with E-state index in [2.05, 4.69) is 0 Å². The highest BCUT2D eigenvalue weighted by Gasteiger charge is 2.06. The summed E-state index contributed by atoms with van der Waals surface area (Å²) in [5.74, 6) is 0.824. The molecule has 2 N–H and O–H groups in total. The van der Waals surface area contributed by atoms with Crippen LogP contribution in [0.2, 0.25) is 10.0 Å². The monoisotopic (exact) mass is 309 g/mol. The summed E-state index contributed by atoms with van der Waals surface area (Å²) < 4.78 is 5.81. The summed E-state index contributed by atoms with van der Waals surface area (Å²) in [6, 6.07) is 11.3. The number of rotatable bonds is 4. The van der Waals surface area contributed by atoms with E-state index in [0.717, 1.165) is 22.4 Å². The van der Waals surface area contributed by atoms with E-state index in [1.165, 1.54) is 0 Å². The van der Waals surface area contributed by atoms with E-state index in [1.807, 2.05) is 38.1 Å². The summed E-state index contributed by atoms with van der Waals surface area (Å²) in [6.45, 7) is 4.35. The van der Waals surface area contributed by atoms with Crippen LogP contribution in [0.15, 0.2) is 36.4 Å². The van der Waals surface area contributed by atoms with Crippen molar-refractivity contribution in [1.29, 1.82) is 0 Å². The van der Waals surface area contributed by atoms with Crippen LogP contribution in [0, 0.1) is 6.92 Å². The fourth-order valence-corrected chi connectivity index (χ4v) is 2.29. The molecule has 2 rings (SSSR count). The summed E-state index contributed by atoms with van der Waals surface area (Å²) in [7, 11) is 0. The van der Waals surface area contributed by atoms with E-state index in [-0.39, 0.29) is 6.04 Å². The van der Waals surface area contributed by atoms with Crippen LogP contribution < -0.4 is 10.5 Å². The molecular weight excluding hydrogens is 293 g/mol. The van der Waals surface area contributed by atoms with Crippen molar-refractivity contribution in [3.05, 3.63) is 63.1 Å². The molecule has 0 radical (unpaired) electrons. The van der Waals surface area contributed by atoms with Crippen LogP contribution in [0.3, 0.4) is 0 Å². The van der Waals surface area contributed by atoms with Crippen LogP contribution in [0.4, 0.5) is 0 Å². The number of hydrogen-bond acceptors (Lipinski definition) is 2. The second-order valence-electron chi connectivity index (χ2n) is 4.84. The van der Waals surface area contributed by atoms with E-state index in [9.17, 15) is 0 Å². The van der Waals surface area contributed by atoms with Gasteiger partial charge in [0, 0.05) is 21.7 Å². The van der Waals surface area contributed by atoms with Gasteiger partial charge in [0.05, 0.1) is 0 Å². The number of benzene rings is 2. The third kappa shape index (κ3) is 3.66. The van der Waals surface area contributed by atoms with Gasteiger partial charge in [0.2, 0.25) is 0 Å². The van der Waals surface area contributed by atoms with E-state index in [1.54, 1.807) is 12.1 Å². The van der Waals surface area contributed by atoms with Crippen molar-refractivity contribution in [2.24, 2.45) is 5.73 Å². The first-order valence-corrected chi connectivity index (χ1v) is 7.16. The summed E-state index contributed by atoms with van der Waals surface area (Å²) in [4.78, 5) is 0. The van der Waals surface area contributed by atoms with Crippen LogP contribution in [0.1, 0.15) is 29.7 Å². The Morgan fingerprint density at radius 1 is 1.15 bits per heavy atom. The molecule has 1 atom stereocenters. The number of halogens is 2. The van der Waals surface area contributed by atoms with Crippen LogP contribution in [-0.4, -0.2) is 0 Å². The van der Waals surface area contributed by atoms with Crippen LogP contribution >= 0.6 is 23.2 Å². The number of aryl methyl sites for hydroxylation is 1. The van der Waals surface area contributed by atoms with Gasteiger partial charge in [0.15, 0.2) is 0 Å². The Balaban J connectivity index is 2.13. The Labute approximate surface area is 129 Å². The molecule has 2 aromatic rings. The van der Waals surface area contributed by atoms with E-state index in [4.69, 9.17) is 33.7 Å². The highest BCUT2D eigenvalue weighted by molar-refractivity contribution is 6.33. The average molecular weight is 310 g/mol. The molecule has 106 valence electrons. The fourth-order valence-electron chi connectivity index (χ4n) is 1.93. The molecule has 0 aliphatic heterocycles. The lowest BCUT2D eigenvalue weighted by atomic mass is 10.1. The Kier molecular flexibility index (Phi) is 4.92. The van der Waals surface area contributed by atoms with Crippen molar-refractivity contribution in [2.45, 2.75) is 26.5 Å². The topological polar surface area (TPSA) is 35.2 Å². The molecule has 0 spiro atoms. The predicted molar refractivity (Wildman–Crippen MR) is 84.6 cm³/mol. The smallest absolute Gasteiger partial charge is 0.122 e. The minimum atomic E-state index is 0.0186. The van der Waals surface area contributed by atoms with E-state index < -0.39 is 0 Å². The Morgan fingerprint density at radius 3 is 2.55 bits per heavy atom. The Hall–Kier alpha value is -1.22. The second-order valence-corrected chi connectivity index (χ2v) is 5.68. The Bertz CT molecular complexity index is 611. The SMILES string of the molecule is Cc1cc([C@@H](C)N)ccc1OCc1cc(Cl)ccc1Cl. The van der Waals surface area contributed by atoms with Gasteiger partial charge < -0.3 is 10.5 Å². The lowest BCUT2D eigenvalue weighted by Crippen LogP contribution is -2.05. The van der Waals surface area contributed by atoms with Gasteiger partial charge in [-0.2, -0.15) is 0 Å². The first-order valence-electron chi connectivity index (χ1n) is 6.40. The molecule has 20 heavy (non-hydrogen) atoms. The van der Waals surface area contributed by atoms with Crippen molar-refractivity contribution in [1.82, 2.24) is 0 Å². The van der Waals surface area contributed by atoms with Crippen molar-refractivity contribution in [3.63, 3.8) is 0 Å². The van der Waals surface area contributed by atoms with E-state index >= 15 is 0 Å². The van der Waals surface area contributed by atoms with Crippen molar-refractivity contribution >= 4 is 23.2 Å². The molecule has 0 unspecified atom stereocenters. The lowest BCUT2D eigenvalue weighted by Gasteiger charge is -2.13. The van der Waals surface area contributed by atoms with Gasteiger partial charge in [0.1, 0.15) is 12.4 Å². The van der Waals surface area contributed by atoms with Crippen molar-refractivity contribution in [2.75, 3.05) is 0 Å². The maximum absolute atomic E-state index is 6.11. The highest BCUT2D eigenvalue weighted by atomic mass is 35.5. The summed E-state index contributed by atoms with van der Waals surface area (Å²) in [5.41, 5.74) is 8.88. The van der Waals surface area contributed by atoms with Gasteiger partial charge in [-0.15, -0.1) is 0 Å². The van der Waals surface area contributed by atoms with Gasteiger partial charge in [-0.05, 0) is 49.2 Å². The molecular formula is C16H17Cl2NO. The molecule has 0 bridgehead atoms. The van der Waals surface area contributed by atoms with Gasteiger partial charge in [-0.1, -0.05) is 35.3 Å². The molecule has 4 heteroatoms. The fraction of sp³-hybridized carbons (Fsp3) is 0.250. The number of hydrogen-bond donors (Lipinski definition) is 1. The van der Waals surface area contributed by atoms with Crippen molar-refractivity contribution in [3.8, 4) is 5.75 Å². The maximum atomic E-state index is 6.11. The molecule has 0 saturated carbocycles. The molecule has 0 heterocycles. The minimum Gasteiger partial charge on any atom is -0.489 e. The zero-order valence-electron chi connectivity index (χ0n) is 11.5. The third-order valence-corrected chi connectivity index (χ3v) is 3.72. The molecule has 2 aromatic carbocycles. The largest absolute Gasteiger partial charge is 0.489 e. The highest BCUT2D eigenvalue weighted by Crippen LogP contribution is 2.25. The van der Waals surface area contributed by atoms with Crippen molar-refractivity contribution < 1.29 is 4.74 Å². The summed E-state index contributed by atoms with van der Waals surface area (Å²) >= 11 is 12.1. The average Bonchev–Trinajstić information content (AvgIpc) is 2.40. The van der Waals surface area contributed by atoms with Gasteiger partial charge in [0.25, 0.3) is 0 Å². The van der Waals surface area contributed by atoms with Crippen LogP contribution in [0.25, 0.3) is 0 Å². The van der Waals surface area contributed by atoms with Gasteiger partial charge in [-0.25, -0.2) is 0 Å². The minimum absolute atomic E-state index is 0.0186. The summed E-state index contributed by atoms with van der Waals surface area (Å²) in [6.07, 6.45) is 0. The zero-order valence-corrected chi connectivity index (χ0v) is 13.0. The first-order chi connectivity index (χ1) is 9.47. The first kappa shape index (κ1) is 15.2. The molecule has 0 aromatic heterocycles. The normalized spacial score (nSPS) is 12.2. The molecule has 0 aliphatic rings. The molecule has 0 saturated heterocycles. The predicted octanol–water partition coefficient (Wildman–Crippen LogP) is 4.90. The molecule has 0 fully saturated rings. The number of ether oxygens (including phenoxy) is 1. The molecule has 0 amide bonds. The van der Waals surface area contributed by atoms with Gasteiger partial charge >= 0.3 is 0 Å². The molecule has 0 aliphatic carbocycles. The standard InChI is InChI=1S/C16H17Cl2NO/c1-10-7-12(11(2)19)3-6-16(10)20-9-13-8-14(17)4-5-15(13)18/h3-8,11H,9,19H2,1-2H3/t11-/m1/s1. The Morgan fingerprint density at radius 2 is 1.90 bits per heavy atom. The van der Waals surface area contributed by atoms with Gasteiger partial charge in [-0.3, -0.25) is 0 Å². The van der Waals surface area contributed by atoms with Crippen LogP contribution in [0.5, 0.6) is 5.75 Å². The summed E-state index contributed by atoms with van der Waals surface area (Å²) in [5, 5.41) is 1.30. The maximum Gasteiger partial charge on any atom is 0.122 e. The second kappa shape index (κ2) is 6.49. The molecule has 2 nitrogen and oxygen atoms in total. The van der Waals surface area contributed by atoms with E-state index in [0.29, 0.717) is 16.7 Å². The quantitative estimate of drug-likeness (QED) is 0.871. The lowest BCUT2D eigenvalue weighted by molar-refractivity contribution is 0.304. The van der Waals surface area contributed by atoms with Crippen LogP contribution in [-0.2, 0) is 6.61 Å². The number of nitrogens with two attached hydrogens (primary N) is 1.